The highest BCUT2D eigenvalue weighted by atomic mass is 16.5. The molecule has 6 heteroatoms. The fourth-order valence-corrected chi connectivity index (χ4v) is 5.17. The smallest absolute Gasteiger partial charge is 0.120 e. The van der Waals surface area contributed by atoms with Gasteiger partial charge in [0.1, 0.15) is 5.75 Å². The topological polar surface area (TPSA) is 55.2 Å². The number of allylic oxidation sites excluding steroid dienone is 3. The van der Waals surface area contributed by atoms with Gasteiger partial charge in [-0.05, 0) is 68.0 Å². The Kier molecular flexibility index (Phi) is 6.14. The standard InChI is InChI=1S/C28H33N5O/c1-5-23-11-9-20(13-15-32(23)3)21-10-12-25-26(17-21)27(14-16-33-28(25)19(2)30-31-33)29-22-7-6-8-24(18-22)34-4/h5-8,10,12-13,17-18,27,29H,9,11,14-16H2,1-4H3/b23-5+. The molecule has 176 valence electrons. The Hall–Kier alpha value is -3.54. The van der Waals surface area contributed by atoms with E-state index in [4.69, 9.17) is 4.74 Å². The van der Waals surface area contributed by atoms with Gasteiger partial charge in [-0.25, -0.2) is 4.68 Å². The van der Waals surface area contributed by atoms with E-state index in [0.29, 0.717) is 0 Å². The Morgan fingerprint density at radius 1 is 1.15 bits per heavy atom. The molecular formula is C28H33N5O. The van der Waals surface area contributed by atoms with Crippen molar-refractivity contribution >= 4 is 11.3 Å². The molecule has 6 nitrogen and oxygen atoms in total. The fraction of sp³-hybridized carbons (Fsp3) is 0.357. The maximum Gasteiger partial charge on any atom is 0.120 e. The number of aryl methyl sites for hydroxylation is 2. The summed E-state index contributed by atoms with van der Waals surface area (Å²) in [7, 11) is 3.88. The van der Waals surface area contributed by atoms with Crippen LogP contribution in [0.3, 0.4) is 0 Å². The van der Waals surface area contributed by atoms with E-state index in [0.717, 1.165) is 55.2 Å². The van der Waals surface area contributed by atoms with E-state index in [1.165, 1.54) is 28.0 Å². The van der Waals surface area contributed by atoms with E-state index in [1.807, 2.05) is 12.1 Å². The molecule has 0 amide bonds. The molecule has 1 unspecified atom stereocenters. The van der Waals surface area contributed by atoms with E-state index in [9.17, 15) is 0 Å². The van der Waals surface area contributed by atoms with Crippen molar-refractivity contribution in [1.29, 1.82) is 0 Å². The van der Waals surface area contributed by atoms with Crippen LogP contribution in [0.25, 0.3) is 16.8 Å². The predicted molar refractivity (Wildman–Crippen MR) is 138 cm³/mol. The highest BCUT2D eigenvalue weighted by Crippen LogP contribution is 2.39. The highest BCUT2D eigenvalue weighted by molar-refractivity contribution is 5.74. The van der Waals surface area contributed by atoms with Crippen LogP contribution in [-0.4, -0.2) is 40.6 Å². The van der Waals surface area contributed by atoms with Crippen LogP contribution in [-0.2, 0) is 6.54 Å². The minimum atomic E-state index is 0.156. The molecule has 2 aliphatic rings. The van der Waals surface area contributed by atoms with Crippen LogP contribution in [0.15, 0.2) is 60.3 Å². The summed E-state index contributed by atoms with van der Waals surface area (Å²) in [5, 5.41) is 12.6. The van der Waals surface area contributed by atoms with Gasteiger partial charge in [0.25, 0.3) is 0 Å². The Labute approximate surface area is 201 Å². The molecule has 3 aromatic rings. The Bertz CT molecular complexity index is 1260. The molecule has 1 aromatic heterocycles. The lowest BCUT2D eigenvalue weighted by Gasteiger charge is -2.22. The summed E-state index contributed by atoms with van der Waals surface area (Å²) < 4.78 is 7.51. The first kappa shape index (κ1) is 22.3. The molecule has 0 saturated carbocycles. The molecule has 2 aromatic carbocycles. The largest absolute Gasteiger partial charge is 0.497 e. The lowest BCUT2D eigenvalue weighted by molar-refractivity contribution is 0.415. The number of fused-ring (bicyclic) bond motifs is 3. The number of nitrogens with one attached hydrogen (secondary N) is 1. The Morgan fingerprint density at radius 3 is 2.85 bits per heavy atom. The molecule has 1 atom stereocenters. The van der Waals surface area contributed by atoms with Crippen LogP contribution < -0.4 is 10.1 Å². The summed E-state index contributed by atoms with van der Waals surface area (Å²) in [6, 6.07) is 15.3. The van der Waals surface area contributed by atoms with Crippen molar-refractivity contribution in [3.63, 3.8) is 0 Å². The normalized spacial score (nSPS) is 19.1. The van der Waals surface area contributed by atoms with Gasteiger partial charge < -0.3 is 15.0 Å². The number of likely N-dealkylation sites (N-methyl/N-ethyl adjacent to an activating group) is 1. The van der Waals surface area contributed by atoms with Crippen molar-refractivity contribution in [2.24, 2.45) is 0 Å². The van der Waals surface area contributed by atoms with E-state index in [-0.39, 0.29) is 6.04 Å². The number of ether oxygens (including phenoxy) is 1. The van der Waals surface area contributed by atoms with Gasteiger partial charge in [0.05, 0.1) is 24.5 Å². The Morgan fingerprint density at radius 2 is 2.03 bits per heavy atom. The van der Waals surface area contributed by atoms with Gasteiger partial charge in [-0.1, -0.05) is 35.6 Å². The third-order valence-corrected chi connectivity index (χ3v) is 7.08. The first-order chi connectivity index (χ1) is 16.6. The van der Waals surface area contributed by atoms with Crippen LogP contribution in [0.2, 0.25) is 0 Å². The minimum Gasteiger partial charge on any atom is -0.497 e. The number of nitrogens with zero attached hydrogens (tertiary/aromatic N) is 4. The Balaban J connectivity index is 1.56. The first-order valence-electron chi connectivity index (χ1n) is 12.1. The second kappa shape index (κ2) is 9.37. The summed E-state index contributed by atoms with van der Waals surface area (Å²) in [4.78, 5) is 2.34. The molecule has 5 rings (SSSR count). The molecule has 0 spiro atoms. The number of hydrogen-bond acceptors (Lipinski definition) is 5. The molecule has 0 aliphatic carbocycles. The number of anilines is 1. The summed E-state index contributed by atoms with van der Waals surface area (Å²) in [6.45, 7) is 5.94. The minimum absolute atomic E-state index is 0.156. The average Bonchev–Trinajstić information content (AvgIpc) is 3.02. The molecule has 1 N–H and O–H groups in total. The van der Waals surface area contributed by atoms with Crippen LogP contribution in [0.5, 0.6) is 5.75 Å². The van der Waals surface area contributed by atoms with Gasteiger partial charge in [0.2, 0.25) is 0 Å². The zero-order valence-corrected chi connectivity index (χ0v) is 20.5. The van der Waals surface area contributed by atoms with Gasteiger partial charge in [-0.15, -0.1) is 5.10 Å². The van der Waals surface area contributed by atoms with Crippen molar-refractivity contribution in [2.45, 2.75) is 45.7 Å². The van der Waals surface area contributed by atoms with Crippen LogP contribution >= 0.6 is 0 Å². The van der Waals surface area contributed by atoms with E-state index >= 15 is 0 Å². The molecular weight excluding hydrogens is 422 g/mol. The van der Waals surface area contributed by atoms with E-state index in [2.05, 4.69) is 88.6 Å². The van der Waals surface area contributed by atoms with E-state index < -0.39 is 0 Å². The van der Waals surface area contributed by atoms with Gasteiger partial charge in [0.15, 0.2) is 0 Å². The van der Waals surface area contributed by atoms with E-state index in [1.54, 1.807) is 7.11 Å². The third-order valence-electron chi connectivity index (χ3n) is 7.08. The summed E-state index contributed by atoms with van der Waals surface area (Å²) in [5.41, 5.74) is 9.80. The summed E-state index contributed by atoms with van der Waals surface area (Å²) in [5.74, 6) is 0.855. The van der Waals surface area contributed by atoms with Crippen molar-refractivity contribution in [3.8, 4) is 17.0 Å². The number of hydrogen-bond donors (Lipinski definition) is 1. The van der Waals surface area contributed by atoms with Gasteiger partial charge >= 0.3 is 0 Å². The number of benzene rings is 2. The maximum absolute atomic E-state index is 5.45. The lowest BCUT2D eigenvalue weighted by atomic mass is 9.91. The predicted octanol–water partition coefficient (Wildman–Crippen LogP) is 5.83. The monoisotopic (exact) mass is 455 g/mol. The van der Waals surface area contributed by atoms with Gasteiger partial charge in [-0.2, -0.15) is 0 Å². The second-order valence-corrected chi connectivity index (χ2v) is 9.16. The molecule has 3 heterocycles. The van der Waals surface area contributed by atoms with Crippen molar-refractivity contribution < 1.29 is 4.74 Å². The van der Waals surface area contributed by atoms with Crippen LogP contribution in [0.1, 0.15) is 49.0 Å². The van der Waals surface area contributed by atoms with Gasteiger partial charge in [-0.3, -0.25) is 0 Å². The van der Waals surface area contributed by atoms with Crippen molar-refractivity contribution in [1.82, 2.24) is 19.9 Å². The van der Waals surface area contributed by atoms with Crippen LogP contribution in [0, 0.1) is 6.92 Å². The van der Waals surface area contributed by atoms with Crippen LogP contribution in [0.4, 0.5) is 5.69 Å². The summed E-state index contributed by atoms with van der Waals surface area (Å²) >= 11 is 0. The fourth-order valence-electron chi connectivity index (χ4n) is 5.17. The second-order valence-electron chi connectivity index (χ2n) is 9.16. The third kappa shape index (κ3) is 4.20. The van der Waals surface area contributed by atoms with Crippen molar-refractivity contribution in [2.75, 3.05) is 26.0 Å². The molecule has 2 aliphatic heterocycles. The number of methoxy groups -OCH3 is 1. The lowest BCUT2D eigenvalue weighted by Crippen LogP contribution is -2.15. The van der Waals surface area contributed by atoms with Gasteiger partial charge in [0, 0.05) is 43.2 Å². The quantitative estimate of drug-likeness (QED) is 0.536. The molecule has 0 bridgehead atoms. The SMILES string of the molecule is C/C=C1\CCC(c2ccc3c(c2)C(Nc2cccc(OC)c2)CCn2nnc(C)c2-3)=CCN1C. The molecule has 34 heavy (non-hydrogen) atoms. The molecule has 0 radical (unpaired) electrons. The molecule has 0 saturated heterocycles. The van der Waals surface area contributed by atoms with Crippen molar-refractivity contribution in [3.05, 3.63) is 77.1 Å². The number of rotatable bonds is 4. The highest BCUT2D eigenvalue weighted by Gasteiger charge is 2.26. The molecule has 0 fully saturated rings. The average molecular weight is 456 g/mol. The first-order valence-corrected chi connectivity index (χ1v) is 12.1. The number of aromatic nitrogens is 3. The summed E-state index contributed by atoms with van der Waals surface area (Å²) in [6.07, 6.45) is 7.66. The maximum atomic E-state index is 5.45. The zero-order chi connectivity index (χ0) is 23.7. The zero-order valence-electron chi connectivity index (χ0n) is 20.5.